The van der Waals surface area contributed by atoms with Gasteiger partial charge in [0, 0.05) is 19.6 Å². The van der Waals surface area contributed by atoms with E-state index in [-0.39, 0.29) is 0 Å². The molecule has 13 heavy (non-hydrogen) atoms. The molecule has 1 unspecified atom stereocenters. The second-order valence-electron chi connectivity index (χ2n) is 3.63. The molecule has 0 spiro atoms. The van der Waals surface area contributed by atoms with Gasteiger partial charge in [-0.15, -0.1) is 0 Å². The van der Waals surface area contributed by atoms with Crippen LogP contribution in [0.25, 0.3) is 0 Å². The van der Waals surface area contributed by atoms with Crippen LogP contribution in [0.3, 0.4) is 0 Å². The molecule has 2 aliphatic heterocycles. The second kappa shape index (κ2) is 3.92. The van der Waals surface area contributed by atoms with Crippen LogP contribution in [0.4, 0.5) is 0 Å². The Hall–Kier alpha value is -0.830. The number of hydrogen-bond donors (Lipinski definition) is 0. The lowest BCUT2D eigenvalue weighted by molar-refractivity contribution is 0.0682. The molecule has 2 rings (SSSR count). The van der Waals surface area contributed by atoms with Crippen molar-refractivity contribution in [2.75, 3.05) is 32.8 Å². The number of morpholine rings is 1. The van der Waals surface area contributed by atoms with E-state index < -0.39 is 0 Å². The standard InChI is InChI=1S/C10H16N2O/c1-9-2-3-10(11-8-9)12-4-6-13-7-5-12/h2-3,9H,4-8H2,1H3. The molecule has 3 heteroatoms. The van der Waals surface area contributed by atoms with Gasteiger partial charge in [0.05, 0.1) is 13.2 Å². The van der Waals surface area contributed by atoms with Crippen LogP contribution in [0, 0.1) is 5.92 Å². The number of nitrogens with zero attached hydrogens (tertiary/aromatic N) is 2. The first-order valence-electron chi connectivity index (χ1n) is 4.91. The number of aliphatic imine (C=N–C) groups is 1. The summed E-state index contributed by atoms with van der Waals surface area (Å²) in [4.78, 5) is 6.83. The second-order valence-corrected chi connectivity index (χ2v) is 3.63. The number of amidine groups is 1. The maximum atomic E-state index is 5.29. The summed E-state index contributed by atoms with van der Waals surface area (Å²) in [7, 11) is 0. The van der Waals surface area contributed by atoms with Gasteiger partial charge < -0.3 is 9.64 Å². The summed E-state index contributed by atoms with van der Waals surface area (Å²) in [5, 5.41) is 0. The Labute approximate surface area is 79.1 Å². The lowest BCUT2D eigenvalue weighted by Crippen LogP contribution is -2.40. The van der Waals surface area contributed by atoms with E-state index in [4.69, 9.17) is 4.74 Å². The van der Waals surface area contributed by atoms with Crippen LogP contribution in [-0.4, -0.2) is 43.6 Å². The summed E-state index contributed by atoms with van der Waals surface area (Å²) in [6.07, 6.45) is 4.37. The zero-order valence-electron chi connectivity index (χ0n) is 8.07. The lowest BCUT2D eigenvalue weighted by atomic mass is 10.1. The molecule has 0 aliphatic carbocycles. The van der Waals surface area contributed by atoms with Crippen LogP contribution < -0.4 is 0 Å². The van der Waals surface area contributed by atoms with Gasteiger partial charge in [-0.05, 0) is 12.0 Å². The van der Waals surface area contributed by atoms with Gasteiger partial charge in [0.25, 0.3) is 0 Å². The predicted molar refractivity (Wildman–Crippen MR) is 53.0 cm³/mol. The molecule has 0 aromatic rings. The molecular weight excluding hydrogens is 164 g/mol. The fourth-order valence-corrected chi connectivity index (χ4v) is 1.60. The molecular formula is C10H16N2O. The van der Waals surface area contributed by atoms with Crippen molar-refractivity contribution < 1.29 is 4.74 Å². The van der Waals surface area contributed by atoms with E-state index in [1.54, 1.807) is 0 Å². The van der Waals surface area contributed by atoms with Crippen molar-refractivity contribution in [1.29, 1.82) is 0 Å². The molecule has 2 aliphatic rings. The minimum atomic E-state index is 0.602. The van der Waals surface area contributed by atoms with Gasteiger partial charge in [0.1, 0.15) is 5.84 Å². The van der Waals surface area contributed by atoms with Crippen molar-refractivity contribution in [3.8, 4) is 0 Å². The van der Waals surface area contributed by atoms with Crippen LogP contribution in [0.2, 0.25) is 0 Å². The monoisotopic (exact) mass is 180 g/mol. The number of rotatable bonds is 0. The van der Waals surface area contributed by atoms with E-state index in [2.05, 4.69) is 29.0 Å². The molecule has 0 amide bonds. The van der Waals surface area contributed by atoms with E-state index in [1.165, 1.54) is 0 Å². The summed E-state index contributed by atoms with van der Waals surface area (Å²) < 4.78 is 5.29. The molecule has 0 N–H and O–H groups in total. The summed E-state index contributed by atoms with van der Waals surface area (Å²) in [6.45, 7) is 6.76. The largest absolute Gasteiger partial charge is 0.378 e. The molecule has 3 nitrogen and oxygen atoms in total. The number of dihydropyridines is 1. The molecule has 1 saturated heterocycles. The van der Waals surface area contributed by atoms with Crippen LogP contribution in [0.15, 0.2) is 17.1 Å². The van der Waals surface area contributed by atoms with Gasteiger partial charge in [-0.2, -0.15) is 0 Å². The topological polar surface area (TPSA) is 24.8 Å². The minimum Gasteiger partial charge on any atom is -0.378 e. The fourth-order valence-electron chi connectivity index (χ4n) is 1.60. The average molecular weight is 180 g/mol. The van der Waals surface area contributed by atoms with E-state index in [9.17, 15) is 0 Å². The summed E-state index contributed by atoms with van der Waals surface area (Å²) in [6, 6.07) is 0. The molecule has 0 saturated carbocycles. The first-order chi connectivity index (χ1) is 6.36. The first kappa shape index (κ1) is 8.75. The van der Waals surface area contributed by atoms with E-state index in [0.29, 0.717) is 5.92 Å². The summed E-state index contributed by atoms with van der Waals surface area (Å²) in [5.41, 5.74) is 0. The van der Waals surface area contributed by atoms with Gasteiger partial charge in [-0.3, -0.25) is 4.99 Å². The Morgan fingerprint density at radius 3 is 2.85 bits per heavy atom. The van der Waals surface area contributed by atoms with Gasteiger partial charge in [-0.25, -0.2) is 0 Å². The Balaban J connectivity index is 1.96. The minimum absolute atomic E-state index is 0.602. The highest BCUT2D eigenvalue weighted by Crippen LogP contribution is 2.08. The maximum Gasteiger partial charge on any atom is 0.123 e. The highest BCUT2D eigenvalue weighted by atomic mass is 16.5. The zero-order valence-corrected chi connectivity index (χ0v) is 8.07. The molecule has 0 bridgehead atoms. The van der Waals surface area contributed by atoms with E-state index in [0.717, 1.165) is 38.7 Å². The molecule has 1 fully saturated rings. The third kappa shape index (κ3) is 2.10. The Kier molecular flexibility index (Phi) is 2.64. The van der Waals surface area contributed by atoms with Gasteiger partial charge >= 0.3 is 0 Å². The van der Waals surface area contributed by atoms with E-state index in [1.807, 2.05) is 0 Å². The number of hydrogen-bond acceptors (Lipinski definition) is 3. The first-order valence-corrected chi connectivity index (χ1v) is 4.91. The van der Waals surface area contributed by atoms with E-state index >= 15 is 0 Å². The highest BCUT2D eigenvalue weighted by Gasteiger charge is 2.15. The van der Waals surface area contributed by atoms with Crippen LogP contribution in [-0.2, 0) is 4.74 Å². The van der Waals surface area contributed by atoms with Crippen LogP contribution in [0.1, 0.15) is 6.92 Å². The quantitative estimate of drug-likeness (QED) is 0.554. The van der Waals surface area contributed by atoms with Crippen molar-refractivity contribution in [3.05, 3.63) is 12.2 Å². The maximum absolute atomic E-state index is 5.29. The molecule has 1 atom stereocenters. The zero-order chi connectivity index (χ0) is 9.10. The summed E-state index contributed by atoms with van der Waals surface area (Å²) in [5.74, 6) is 1.74. The van der Waals surface area contributed by atoms with Crippen molar-refractivity contribution in [3.63, 3.8) is 0 Å². The Bertz CT molecular complexity index is 229. The highest BCUT2D eigenvalue weighted by molar-refractivity contribution is 5.93. The molecule has 0 radical (unpaired) electrons. The average Bonchev–Trinajstić information content (AvgIpc) is 2.20. The van der Waals surface area contributed by atoms with Gasteiger partial charge in [-0.1, -0.05) is 13.0 Å². The van der Waals surface area contributed by atoms with Crippen LogP contribution >= 0.6 is 0 Å². The smallest absolute Gasteiger partial charge is 0.123 e. The van der Waals surface area contributed by atoms with Gasteiger partial charge in [0.2, 0.25) is 0 Å². The lowest BCUT2D eigenvalue weighted by Gasteiger charge is -2.30. The molecule has 0 aromatic heterocycles. The fraction of sp³-hybridized carbons (Fsp3) is 0.700. The van der Waals surface area contributed by atoms with Gasteiger partial charge in [0.15, 0.2) is 0 Å². The molecule has 2 heterocycles. The molecule has 72 valence electrons. The third-order valence-electron chi connectivity index (χ3n) is 2.45. The van der Waals surface area contributed by atoms with Crippen molar-refractivity contribution >= 4 is 5.84 Å². The predicted octanol–water partition coefficient (Wildman–Crippen LogP) is 0.923. The summed E-state index contributed by atoms with van der Waals surface area (Å²) >= 11 is 0. The Morgan fingerprint density at radius 1 is 1.46 bits per heavy atom. The Morgan fingerprint density at radius 2 is 2.23 bits per heavy atom. The van der Waals surface area contributed by atoms with Crippen molar-refractivity contribution in [1.82, 2.24) is 4.90 Å². The number of ether oxygens (including phenoxy) is 1. The molecule has 0 aromatic carbocycles. The van der Waals surface area contributed by atoms with Crippen LogP contribution in [0.5, 0.6) is 0 Å². The SMILES string of the molecule is CC1C=CC(N2CCOCC2)=NC1. The van der Waals surface area contributed by atoms with Crippen molar-refractivity contribution in [2.24, 2.45) is 10.9 Å². The van der Waals surface area contributed by atoms with Crippen molar-refractivity contribution in [2.45, 2.75) is 6.92 Å². The normalized spacial score (nSPS) is 28.8. The third-order valence-corrected chi connectivity index (χ3v) is 2.45.